The van der Waals surface area contributed by atoms with Crippen molar-refractivity contribution in [3.8, 4) is 0 Å². The maximum Gasteiger partial charge on any atom is 0.405 e. The minimum Gasteiger partial charge on any atom is -0.465 e. The second kappa shape index (κ2) is 4.05. The third-order valence-electron chi connectivity index (χ3n) is 2.10. The van der Waals surface area contributed by atoms with Crippen LogP contribution in [0.15, 0.2) is 0 Å². The molecule has 0 aromatic carbocycles. The Morgan fingerprint density at radius 2 is 2.20 bits per heavy atom. The lowest BCUT2D eigenvalue weighted by molar-refractivity contribution is -0.130. The van der Waals surface area contributed by atoms with Gasteiger partial charge in [0.15, 0.2) is 0 Å². The van der Waals surface area contributed by atoms with Crippen LogP contribution in [0.5, 0.6) is 0 Å². The van der Waals surface area contributed by atoms with E-state index in [4.69, 9.17) is 5.11 Å². The van der Waals surface area contributed by atoms with Crippen molar-refractivity contribution >= 4 is 22.0 Å². The van der Waals surface area contributed by atoms with Crippen LogP contribution in [0.2, 0.25) is 0 Å². The summed E-state index contributed by atoms with van der Waals surface area (Å²) in [6.45, 7) is 0.121. The van der Waals surface area contributed by atoms with Crippen LogP contribution in [0.25, 0.3) is 0 Å². The fourth-order valence-electron chi connectivity index (χ4n) is 1.46. The topological polar surface area (TPSA) is 104 Å². The fourth-order valence-corrected chi connectivity index (χ4v) is 2.37. The molecule has 0 aromatic heterocycles. The van der Waals surface area contributed by atoms with E-state index in [9.17, 15) is 18.0 Å². The van der Waals surface area contributed by atoms with Crippen LogP contribution in [0.3, 0.4) is 0 Å². The zero-order valence-corrected chi connectivity index (χ0v) is 8.95. The number of amides is 2. The highest BCUT2D eigenvalue weighted by Crippen LogP contribution is 2.14. The van der Waals surface area contributed by atoms with Gasteiger partial charge in [-0.15, -0.1) is 0 Å². The smallest absolute Gasteiger partial charge is 0.405 e. The van der Waals surface area contributed by atoms with Gasteiger partial charge in [-0.3, -0.25) is 4.79 Å². The Morgan fingerprint density at radius 1 is 1.60 bits per heavy atom. The van der Waals surface area contributed by atoms with Crippen molar-refractivity contribution < 1.29 is 23.1 Å². The quantitative estimate of drug-likeness (QED) is 0.653. The standard InChI is InChI=1S/C7H12N2O5S/c1-15(13,14)9-4-2-3-5(6(9)10)8-7(11)12/h5,8H,2-4H2,1H3,(H,11,12). The van der Waals surface area contributed by atoms with Crippen LogP contribution in [-0.4, -0.2) is 48.7 Å². The summed E-state index contributed by atoms with van der Waals surface area (Å²) >= 11 is 0. The Kier molecular flexibility index (Phi) is 3.18. The molecule has 0 bridgehead atoms. The minimum absolute atomic E-state index is 0.121. The number of piperidine rings is 1. The van der Waals surface area contributed by atoms with Gasteiger partial charge in [-0.1, -0.05) is 0 Å². The Balaban J connectivity index is 2.80. The number of rotatable bonds is 2. The van der Waals surface area contributed by atoms with Gasteiger partial charge in [0.2, 0.25) is 10.0 Å². The molecule has 1 unspecified atom stereocenters. The molecule has 0 spiro atoms. The number of nitrogens with zero attached hydrogens (tertiary/aromatic N) is 1. The van der Waals surface area contributed by atoms with Crippen LogP contribution in [0.1, 0.15) is 12.8 Å². The summed E-state index contributed by atoms with van der Waals surface area (Å²) in [5.74, 6) is -0.703. The van der Waals surface area contributed by atoms with Crippen molar-refractivity contribution in [3.05, 3.63) is 0 Å². The molecule has 0 aliphatic carbocycles. The van der Waals surface area contributed by atoms with Crippen molar-refractivity contribution in [1.82, 2.24) is 9.62 Å². The Labute approximate surface area is 87.1 Å². The van der Waals surface area contributed by atoms with Crippen molar-refractivity contribution in [1.29, 1.82) is 0 Å². The van der Waals surface area contributed by atoms with Crippen molar-refractivity contribution in [2.45, 2.75) is 18.9 Å². The van der Waals surface area contributed by atoms with Gasteiger partial charge in [-0.05, 0) is 12.8 Å². The summed E-state index contributed by atoms with van der Waals surface area (Å²) in [6.07, 6.45) is 0.387. The maximum atomic E-state index is 11.5. The molecule has 2 N–H and O–H groups in total. The van der Waals surface area contributed by atoms with Gasteiger partial charge in [0, 0.05) is 6.54 Å². The molecule has 1 heterocycles. The van der Waals surface area contributed by atoms with Crippen molar-refractivity contribution in [3.63, 3.8) is 0 Å². The number of hydrogen-bond donors (Lipinski definition) is 2. The molecule has 1 rings (SSSR count). The average molecular weight is 236 g/mol. The van der Waals surface area contributed by atoms with E-state index < -0.39 is 28.1 Å². The van der Waals surface area contributed by atoms with Crippen LogP contribution in [0, 0.1) is 0 Å². The first-order valence-electron chi connectivity index (χ1n) is 4.33. The zero-order chi connectivity index (χ0) is 11.6. The number of hydrogen-bond acceptors (Lipinski definition) is 4. The first kappa shape index (κ1) is 11.8. The lowest BCUT2D eigenvalue weighted by Gasteiger charge is -2.30. The number of carbonyl (C=O) groups excluding carboxylic acids is 1. The highest BCUT2D eigenvalue weighted by Gasteiger charge is 2.34. The minimum atomic E-state index is -3.59. The van der Waals surface area contributed by atoms with Crippen LogP contribution < -0.4 is 5.32 Å². The van der Waals surface area contributed by atoms with E-state index in [1.54, 1.807) is 0 Å². The SMILES string of the molecule is CS(=O)(=O)N1CCCC(NC(=O)O)C1=O. The Hall–Kier alpha value is -1.31. The predicted octanol–water partition coefficient (Wildman–Crippen LogP) is -0.795. The van der Waals surface area contributed by atoms with Crippen LogP contribution in [0.4, 0.5) is 4.79 Å². The summed E-state index contributed by atoms with van der Waals surface area (Å²) < 4.78 is 23.0. The number of nitrogens with one attached hydrogen (secondary N) is 1. The molecule has 2 amide bonds. The van der Waals surface area contributed by atoms with Gasteiger partial charge < -0.3 is 10.4 Å². The molecule has 0 radical (unpaired) electrons. The molecule has 1 atom stereocenters. The first-order valence-corrected chi connectivity index (χ1v) is 6.18. The zero-order valence-electron chi connectivity index (χ0n) is 8.13. The average Bonchev–Trinajstić information content (AvgIpc) is 2.05. The third-order valence-corrected chi connectivity index (χ3v) is 3.26. The Morgan fingerprint density at radius 3 is 2.67 bits per heavy atom. The number of carboxylic acid groups (broad SMARTS) is 1. The third kappa shape index (κ3) is 2.82. The molecule has 8 heteroatoms. The van der Waals surface area contributed by atoms with E-state index in [1.807, 2.05) is 5.32 Å². The lowest BCUT2D eigenvalue weighted by atomic mass is 10.1. The van der Waals surface area contributed by atoms with Crippen LogP contribution >= 0.6 is 0 Å². The van der Waals surface area contributed by atoms with Gasteiger partial charge in [-0.25, -0.2) is 17.5 Å². The molecular weight excluding hydrogens is 224 g/mol. The molecule has 86 valence electrons. The summed E-state index contributed by atoms with van der Waals surface area (Å²) in [7, 11) is -3.59. The summed E-state index contributed by atoms with van der Waals surface area (Å²) in [5.41, 5.74) is 0. The van der Waals surface area contributed by atoms with Gasteiger partial charge in [0.25, 0.3) is 5.91 Å². The molecule has 0 saturated carbocycles. The Bertz CT molecular complexity index is 377. The highest BCUT2D eigenvalue weighted by atomic mass is 32.2. The van der Waals surface area contributed by atoms with E-state index in [2.05, 4.69) is 0 Å². The molecule has 1 aliphatic heterocycles. The van der Waals surface area contributed by atoms with E-state index >= 15 is 0 Å². The number of carbonyl (C=O) groups is 2. The van der Waals surface area contributed by atoms with E-state index in [-0.39, 0.29) is 6.54 Å². The van der Waals surface area contributed by atoms with Gasteiger partial charge in [-0.2, -0.15) is 0 Å². The van der Waals surface area contributed by atoms with Crippen molar-refractivity contribution in [2.75, 3.05) is 12.8 Å². The molecule has 0 aromatic rings. The van der Waals surface area contributed by atoms with Crippen LogP contribution in [-0.2, 0) is 14.8 Å². The molecule has 1 fully saturated rings. The normalized spacial score (nSPS) is 22.6. The first-order chi connectivity index (χ1) is 6.82. The molecule has 1 saturated heterocycles. The van der Waals surface area contributed by atoms with E-state index in [0.717, 1.165) is 6.26 Å². The van der Waals surface area contributed by atoms with E-state index in [1.165, 1.54) is 0 Å². The predicted molar refractivity (Wildman–Crippen MR) is 50.7 cm³/mol. The summed E-state index contributed by atoms with van der Waals surface area (Å²) in [5, 5.41) is 10.4. The molecular formula is C7H12N2O5S. The number of sulfonamides is 1. The largest absolute Gasteiger partial charge is 0.465 e. The van der Waals surface area contributed by atoms with Crippen molar-refractivity contribution in [2.24, 2.45) is 0 Å². The second-order valence-electron chi connectivity index (χ2n) is 3.32. The van der Waals surface area contributed by atoms with E-state index in [0.29, 0.717) is 17.1 Å². The monoisotopic (exact) mass is 236 g/mol. The van der Waals surface area contributed by atoms with Gasteiger partial charge in [0.1, 0.15) is 6.04 Å². The fraction of sp³-hybridized carbons (Fsp3) is 0.714. The summed E-state index contributed by atoms with van der Waals surface area (Å²) in [4.78, 5) is 21.9. The van der Waals surface area contributed by atoms with Gasteiger partial charge >= 0.3 is 6.09 Å². The second-order valence-corrected chi connectivity index (χ2v) is 5.22. The van der Waals surface area contributed by atoms with Gasteiger partial charge in [0.05, 0.1) is 6.26 Å². The lowest BCUT2D eigenvalue weighted by Crippen LogP contribution is -2.53. The maximum absolute atomic E-state index is 11.5. The molecule has 15 heavy (non-hydrogen) atoms. The molecule has 1 aliphatic rings. The highest BCUT2D eigenvalue weighted by molar-refractivity contribution is 7.88. The molecule has 7 nitrogen and oxygen atoms in total. The summed E-state index contributed by atoms with van der Waals surface area (Å²) in [6, 6.07) is -0.953.